The lowest BCUT2D eigenvalue weighted by atomic mass is 10.1. The summed E-state index contributed by atoms with van der Waals surface area (Å²) in [5.74, 6) is -1.27. The minimum atomic E-state index is -4.71. The number of rotatable bonds is 6. The van der Waals surface area contributed by atoms with E-state index in [-0.39, 0.29) is 17.1 Å². The minimum absolute atomic E-state index is 0.0382. The van der Waals surface area contributed by atoms with Crippen LogP contribution in [0.2, 0.25) is 5.02 Å². The molecule has 1 aromatic heterocycles. The summed E-state index contributed by atoms with van der Waals surface area (Å²) in [6.45, 7) is 1.30. The first-order valence-corrected chi connectivity index (χ1v) is 9.38. The first-order chi connectivity index (χ1) is 14.6. The van der Waals surface area contributed by atoms with Crippen molar-refractivity contribution in [1.82, 2.24) is 0 Å². The average molecular weight is 452 g/mol. The molecule has 3 rings (SSSR count). The summed E-state index contributed by atoms with van der Waals surface area (Å²) in [6.07, 6.45) is -3.44. The molecule has 31 heavy (non-hydrogen) atoms. The molecule has 2 aromatic carbocycles. The van der Waals surface area contributed by atoms with Crippen molar-refractivity contribution in [3.63, 3.8) is 0 Å². The number of halogens is 4. The van der Waals surface area contributed by atoms with E-state index in [9.17, 15) is 22.8 Å². The Kier molecular flexibility index (Phi) is 6.55. The van der Waals surface area contributed by atoms with Gasteiger partial charge in [-0.15, -0.1) is 0 Å². The van der Waals surface area contributed by atoms with E-state index in [2.05, 4.69) is 16.0 Å². The van der Waals surface area contributed by atoms with Crippen LogP contribution in [-0.2, 0) is 11.0 Å². The second kappa shape index (κ2) is 9.13. The molecule has 3 N–H and O–H groups in total. The van der Waals surface area contributed by atoms with Crippen LogP contribution >= 0.6 is 11.6 Å². The summed E-state index contributed by atoms with van der Waals surface area (Å²) in [5, 5.41) is 7.88. The Hall–Kier alpha value is -3.46. The van der Waals surface area contributed by atoms with Crippen LogP contribution in [0.1, 0.15) is 21.7 Å². The van der Waals surface area contributed by atoms with Crippen LogP contribution in [0.5, 0.6) is 0 Å². The Morgan fingerprint density at radius 1 is 1.03 bits per heavy atom. The molecule has 0 radical (unpaired) electrons. The molecule has 10 heteroatoms. The molecule has 0 aliphatic heterocycles. The quantitative estimate of drug-likeness (QED) is 0.458. The molecule has 0 saturated heterocycles. The molecule has 2 amide bonds. The Labute approximate surface area is 180 Å². The number of carbonyl (C=O) groups excluding carboxylic acids is 2. The van der Waals surface area contributed by atoms with Gasteiger partial charge in [0.05, 0.1) is 18.4 Å². The molecule has 0 unspecified atom stereocenters. The number of anilines is 3. The van der Waals surface area contributed by atoms with Crippen molar-refractivity contribution >= 4 is 40.5 Å². The molecule has 3 aromatic rings. The topological polar surface area (TPSA) is 83.4 Å². The maximum absolute atomic E-state index is 13.5. The molecular formula is C21H17ClF3N3O3. The van der Waals surface area contributed by atoms with E-state index in [1.165, 1.54) is 24.5 Å². The highest BCUT2D eigenvalue weighted by atomic mass is 35.5. The number of amides is 2. The van der Waals surface area contributed by atoms with Crippen LogP contribution in [-0.4, -0.2) is 18.4 Å². The van der Waals surface area contributed by atoms with Crippen LogP contribution in [0, 0.1) is 6.92 Å². The average Bonchev–Trinajstić information content (AvgIpc) is 3.25. The molecule has 0 aliphatic carbocycles. The predicted molar refractivity (Wildman–Crippen MR) is 111 cm³/mol. The van der Waals surface area contributed by atoms with E-state index in [0.717, 1.165) is 12.1 Å². The van der Waals surface area contributed by atoms with Gasteiger partial charge in [-0.3, -0.25) is 9.59 Å². The van der Waals surface area contributed by atoms with E-state index in [1.54, 1.807) is 25.1 Å². The Morgan fingerprint density at radius 2 is 1.81 bits per heavy atom. The SMILES string of the molecule is Cc1c(Cl)cccc1NC(=O)CNc1ccc(NC(=O)c2ccco2)cc1C(F)(F)F. The molecular weight excluding hydrogens is 435 g/mol. The fourth-order valence-electron chi connectivity index (χ4n) is 2.72. The summed E-state index contributed by atoms with van der Waals surface area (Å²) in [6, 6.07) is 11.0. The number of carbonyl (C=O) groups is 2. The maximum Gasteiger partial charge on any atom is 0.418 e. The van der Waals surface area contributed by atoms with Crippen molar-refractivity contribution in [2.24, 2.45) is 0 Å². The smallest absolute Gasteiger partial charge is 0.418 e. The van der Waals surface area contributed by atoms with Gasteiger partial charge in [0.25, 0.3) is 5.91 Å². The van der Waals surface area contributed by atoms with Crippen molar-refractivity contribution in [3.05, 3.63) is 76.7 Å². The van der Waals surface area contributed by atoms with Gasteiger partial charge in [-0.05, 0) is 55.0 Å². The number of nitrogens with one attached hydrogen (secondary N) is 3. The summed E-state index contributed by atoms with van der Waals surface area (Å²) >= 11 is 6.00. The molecule has 0 aliphatic rings. The second-order valence-corrected chi connectivity index (χ2v) is 6.91. The van der Waals surface area contributed by atoms with Crippen molar-refractivity contribution in [2.45, 2.75) is 13.1 Å². The van der Waals surface area contributed by atoms with Gasteiger partial charge in [-0.1, -0.05) is 17.7 Å². The standard InChI is InChI=1S/C21H17ClF3N3O3/c1-12-15(22)4-2-5-16(12)28-19(29)11-26-17-8-7-13(10-14(17)21(23,24)25)27-20(30)18-6-3-9-31-18/h2-10,26H,11H2,1H3,(H,27,30)(H,28,29). The monoisotopic (exact) mass is 451 g/mol. The highest BCUT2D eigenvalue weighted by molar-refractivity contribution is 6.31. The highest BCUT2D eigenvalue weighted by Crippen LogP contribution is 2.36. The van der Waals surface area contributed by atoms with Crippen molar-refractivity contribution in [2.75, 3.05) is 22.5 Å². The zero-order valence-corrected chi connectivity index (χ0v) is 16.9. The Balaban J connectivity index is 1.72. The lowest BCUT2D eigenvalue weighted by Gasteiger charge is -2.16. The van der Waals surface area contributed by atoms with Gasteiger partial charge in [0.1, 0.15) is 0 Å². The molecule has 0 spiro atoms. The fraction of sp³-hybridized carbons (Fsp3) is 0.143. The zero-order valence-electron chi connectivity index (χ0n) is 16.1. The van der Waals surface area contributed by atoms with Crippen LogP contribution in [0.4, 0.5) is 30.2 Å². The molecule has 0 fully saturated rings. The second-order valence-electron chi connectivity index (χ2n) is 6.50. The van der Waals surface area contributed by atoms with Gasteiger partial charge < -0.3 is 20.4 Å². The summed E-state index contributed by atoms with van der Waals surface area (Å²) in [7, 11) is 0. The van der Waals surface area contributed by atoms with Gasteiger partial charge in [0.15, 0.2) is 5.76 Å². The van der Waals surface area contributed by atoms with Gasteiger partial charge in [0, 0.05) is 22.1 Å². The minimum Gasteiger partial charge on any atom is -0.459 e. The first kappa shape index (κ1) is 22.2. The predicted octanol–water partition coefficient (Wildman–Crippen LogP) is 5.56. The van der Waals surface area contributed by atoms with E-state index in [1.807, 2.05) is 0 Å². The summed E-state index contributed by atoms with van der Waals surface area (Å²) in [4.78, 5) is 24.2. The first-order valence-electron chi connectivity index (χ1n) is 9.00. The Morgan fingerprint density at radius 3 is 2.48 bits per heavy atom. The number of hydrogen-bond acceptors (Lipinski definition) is 4. The molecule has 1 heterocycles. The zero-order chi connectivity index (χ0) is 22.6. The van der Waals surface area contributed by atoms with Crippen LogP contribution < -0.4 is 16.0 Å². The van der Waals surface area contributed by atoms with Gasteiger partial charge in [0.2, 0.25) is 5.91 Å². The van der Waals surface area contributed by atoms with E-state index in [0.29, 0.717) is 16.3 Å². The van der Waals surface area contributed by atoms with Gasteiger partial charge >= 0.3 is 6.18 Å². The number of hydrogen-bond donors (Lipinski definition) is 3. The largest absolute Gasteiger partial charge is 0.459 e. The highest BCUT2D eigenvalue weighted by Gasteiger charge is 2.34. The molecule has 6 nitrogen and oxygen atoms in total. The summed E-state index contributed by atoms with van der Waals surface area (Å²) in [5.41, 5.74) is -0.298. The lowest BCUT2D eigenvalue weighted by Crippen LogP contribution is -2.23. The van der Waals surface area contributed by atoms with Crippen molar-refractivity contribution in [1.29, 1.82) is 0 Å². The van der Waals surface area contributed by atoms with E-state index >= 15 is 0 Å². The fourth-order valence-corrected chi connectivity index (χ4v) is 2.90. The molecule has 0 saturated carbocycles. The van der Waals surface area contributed by atoms with E-state index in [4.69, 9.17) is 16.0 Å². The number of benzene rings is 2. The van der Waals surface area contributed by atoms with Crippen molar-refractivity contribution < 1.29 is 27.2 Å². The summed E-state index contributed by atoms with van der Waals surface area (Å²) < 4.78 is 45.5. The van der Waals surface area contributed by atoms with Crippen molar-refractivity contribution in [3.8, 4) is 0 Å². The van der Waals surface area contributed by atoms with Crippen LogP contribution in [0.3, 0.4) is 0 Å². The van der Waals surface area contributed by atoms with Gasteiger partial charge in [-0.25, -0.2) is 0 Å². The lowest BCUT2D eigenvalue weighted by molar-refractivity contribution is -0.137. The third-order valence-electron chi connectivity index (χ3n) is 4.31. The number of furan rings is 1. The maximum atomic E-state index is 13.5. The molecule has 0 atom stereocenters. The van der Waals surface area contributed by atoms with Crippen LogP contribution in [0.15, 0.2) is 59.2 Å². The third-order valence-corrected chi connectivity index (χ3v) is 4.72. The van der Waals surface area contributed by atoms with Crippen LogP contribution in [0.25, 0.3) is 0 Å². The van der Waals surface area contributed by atoms with Gasteiger partial charge in [-0.2, -0.15) is 13.2 Å². The third kappa shape index (κ3) is 5.58. The molecule has 162 valence electrons. The van der Waals surface area contributed by atoms with E-state index < -0.39 is 30.1 Å². The molecule has 0 bridgehead atoms. The normalized spacial score (nSPS) is 11.1. The number of alkyl halides is 3. The Bertz CT molecular complexity index is 1100.